The molecule has 188 valence electrons. The molecule has 0 radical (unpaired) electrons. The molecule has 4 rings (SSSR count). The number of rotatable bonds is 5. The summed E-state index contributed by atoms with van der Waals surface area (Å²) >= 11 is 0. The van der Waals surface area contributed by atoms with Crippen LogP contribution in [0.2, 0.25) is 0 Å². The van der Waals surface area contributed by atoms with E-state index in [0.29, 0.717) is 24.8 Å². The summed E-state index contributed by atoms with van der Waals surface area (Å²) in [6, 6.07) is 5.02. The van der Waals surface area contributed by atoms with Gasteiger partial charge >= 0.3 is 17.6 Å². The van der Waals surface area contributed by atoms with Crippen molar-refractivity contribution in [3.8, 4) is 17.1 Å². The molecular formula is C26H31NO8. The monoisotopic (exact) mass is 485 g/mol. The summed E-state index contributed by atoms with van der Waals surface area (Å²) in [5, 5.41) is 11.5. The maximum Gasteiger partial charge on any atom is 0.345 e. The molecule has 2 aromatic rings. The Kier molecular flexibility index (Phi) is 6.48. The maximum atomic E-state index is 13.0. The van der Waals surface area contributed by atoms with E-state index in [1.165, 1.54) is 13.8 Å². The van der Waals surface area contributed by atoms with Crippen LogP contribution < -0.4 is 10.4 Å². The highest BCUT2D eigenvalue weighted by atomic mass is 16.6. The van der Waals surface area contributed by atoms with Crippen molar-refractivity contribution in [1.29, 1.82) is 0 Å². The zero-order chi connectivity index (χ0) is 25.5. The number of hydrogen-bond donors (Lipinski definition) is 1. The number of aromatic nitrogens is 1. The quantitative estimate of drug-likeness (QED) is 0.633. The minimum absolute atomic E-state index is 0.0213. The fraction of sp³-hybridized carbons (Fsp3) is 0.538. The van der Waals surface area contributed by atoms with E-state index in [2.05, 4.69) is 4.98 Å². The molecule has 1 saturated carbocycles. The molecule has 1 aliphatic heterocycles. The number of nitrogens with zero attached hydrogens (tertiary/aromatic N) is 1. The Morgan fingerprint density at radius 1 is 1.29 bits per heavy atom. The molecule has 0 unspecified atom stereocenters. The van der Waals surface area contributed by atoms with Gasteiger partial charge in [-0.3, -0.25) is 14.6 Å². The summed E-state index contributed by atoms with van der Waals surface area (Å²) < 4.78 is 23.3. The zero-order valence-corrected chi connectivity index (χ0v) is 20.6. The number of fused-ring (bicyclic) bond motifs is 2. The van der Waals surface area contributed by atoms with E-state index in [-0.39, 0.29) is 23.0 Å². The van der Waals surface area contributed by atoms with Crippen LogP contribution in [0.1, 0.15) is 65.5 Å². The van der Waals surface area contributed by atoms with Crippen LogP contribution in [-0.2, 0) is 19.1 Å². The van der Waals surface area contributed by atoms with E-state index in [1.807, 2.05) is 13.8 Å². The minimum Gasteiger partial charge on any atom is -0.482 e. The van der Waals surface area contributed by atoms with Crippen molar-refractivity contribution < 1.29 is 33.3 Å². The fourth-order valence-corrected chi connectivity index (χ4v) is 5.51. The Balaban J connectivity index is 1.79. The molecular weight excluding hydrogens is 454 g/mol. The van der Waals surface area contributed by atoms with Gasteiger partial charge in [-0.05, 0) is 45.2 Å². The Hall–Kier alpha value is -3.20. The normalized spacial score (nSPS) is 29.1. The van der Waals surface area contributed by atoms with Gasteiger partial charge in [0.05, 0.1) is 6.10 Å². The van der Waals surface area contributed by atoms with Gasteiger partial charge in [-0.25, -0.2) is 4.79 Å². The number of pyridine rings is 1. The molecule has 0 saturated heterocycles. The highest BCUT2D eigenvalue weighted by molar-refractivity contribution is 5.67. The lowest BCUT2D eigenvalue weighted by Gasteiger charge is -2.54. The van der Waals surface area contributed by atoms with E-state index in [4.69, 9.17) is 18.6 Å². The number of hydrogen-bond acceptors (Lipinski definition) is 9. The van der Waals surface area contributed by atoms with E-state index in [1.54, 1.807) is 37.5 Å². The smallest absolute Gasteiger partial charge is 0.345 e. The van der Waals surface area contributed by atoms with Crippen molar-refractivity contribution in [3.05, 3.63) is 46.6 Å². The lowest BCUT2D eigenvalue weighted by atomic mass is 9.61. The molecule has 0 aromatic carbocycles. The van der Waals surface area contributed by atoms with E-state index < -0.39 is 46.9 Å². The molecule has 1 N–H and O–H groups in total. The molecule has 9 nitrogen and oxygen atoms in total. The minimum atomic E-state index is -1.23. The third kappa shape index (κ3) is 4.45. The van der Waals surface area contributed by atoms with Crippen LogP contribution in [0, 0.1) is 11.8 Å². The van der Waals surface area contributed by atoms with Crippen molar-refractivity contribution in [2.24, 2.45) is 11.8 Å². The first-order chi connectivity index (χ1) is 16.5. The van der Waals surface area contributed by atoms with Crippen molar-refractivity contribution >= 4 is 11.9 Å². The summed E-state index contributed by atoms with van der Waals surface area (Å²) in [4.78, 5) is 41.0. The topological polar surface area (TPSA) is 125 Å². The van der Waals surface area contributed by atoms with Gasteiger partial charge in [-0.1, -0.05) is 6.92 Å². The van der Waals surface area contributed by atoms with Gasteiger partial charge in [0, 0.05) is 49.7 Å². The number of ether oxygens (including phenoxy) is 3. The summed E-state index contributed by atoms with van der Waals surface area (Å²) in [5.74, 6) is -1.34. The molecule has 9 heteroatoms. The standard InChI is InChI=1S/C26H31NO8/c1-6-25(4,34-15(3)29)17-10-18-23(30)22-20(35-26(18,5)21(11-17)32-14(2)28)12-19(33-24(22)31)16-8-7-9-27-13-16/h7-9,12-13,17-18,21,23,30H,6,10-11H2,1-5H3/t17-,18-,21-,23-,25+,26-/m0/s1. The van der Waals surface area contributed by atoms with Gasteiger partial charge in [-0.2, -0.15) is 0 Å². The summed E-state index contributed by atoms with van der Waals surface area (Å²) in [6.07, 6.45) is 2.46. The van der Waals surface area contributed by atoms with Crippen LogP contribution in [0.5, 0.6) is 5.75 Å². The summed E-state index contributed by atoms with van der Waals surface area (Å²) in [6.45, 7) is 8.20. The lowest BCUT2D eigenvalue weighted by Crippen LogP contribution is -2.62. The third-order valence-corrected chi connectivity index (χ3v) is 7.57. The molecule has 3 heterocycles. The van der Waals surface area contributed by atoms with Crippen molar-refractivity contribution in [2.75, 3.05) is 0 Å². The molecule has 2 aliphatic rings. The van der Waals surface area contributed by atoms with Gasteiger partial charge < -0.3 is 23.7 Å². The van der Waals surface area contributed by atoms with Crippen LogP contribution in [0.25, 0.3) is 11.3 Å². The molecule has 6 atom stereocenters. The Bertz CT molecular complexity index is 1180. The van der Waals surface area contributed by atoms with Gasteiger partial charge in [-0.15, -0.1) is 0 Å². The van der Waals surface area contributed by atoms with Crippen molar-refractivity contribution in [1.82, 2.24) is 4.98 Å². The maximum absolute atomic E-state index is 13.0. The first kappa shape index (κ1) is 24.9. The van der Waals surface area contributed by atoms with Gasteiger partial charge in [0.1, 0.15) is 34.4 Å². The van der Waals surface area contributed by atoms with Crippen molar-refractivity contribution in [2.45, 2.75) is 77.3 Å². The van der Waals surface area contributed by atoms with Crippen molar-refractivity contribution in [3.63, 3.8) is 0 Å². The fourth-order valence-electron chi connectivity index (χ4n) is 5.51. The second kappa shape index (κ2) is 9.11. The van der Waals surface area contributed by atoms with Gasteiger partial charge in [0.25, 0.3) is 0 Å². The number of carbonyl (C=O) groups excluding carboxylic acids is 2. The number of aliphatic hydroxyl groups is 1. The number of esters is 2. The van der Waals surface area contributed by atoms with Crippen LogP contribution in [0.4, 0.5) is 0 Å². The van der Waals surface area contributed by atoms with Crippen LogP contribution >= 0.6 is 0 Å². The molecule has 1 aliphatic carbocycles. The predicted molar refractivity (Wildman–Crippen MR) is 124 cm³/mol. The molecule has 0 spiro atoms. The Morgan fingerprint density at radius 2 is 2.03 bits per heavy atom. The number of carbonyl (C=O) groups is 2. The molecule has 2 aromatic heterocycles. The van der Waals surface area contributed by atoms with Crippen LogP contribution in [0.3, 0.4) is 0 Å². The number of aliphatic hydroxyl groups excluding tert-OH is 1. The van der Waals surface area contributed by atoms with Crippen LogP contribution in [0.15, 0.2) is 39.8 Å². The zero-order valence-electron chi connectivity index (χ0n) is 20.6. The average molecular weight is 486 g/mol. The molecule has 0 bridgehead atoms. The van der Waals surface area contributed by atoms with E-state index in [0.717, 1.165) is 0 Å². The summed E-state index contributed by atoms with van der Waals surface area (Å²) in [5.41, 5.74) is -2.08. The third-order valence-electron chi connectivity index (χ3n) is 7.57. The second-order valence-corrected chi connectivity index (χ2v) is 9.78. The molecule has 35 heavy (non-hydrogen) atoms. The Labute approximate surface area is 203 Å². The summed E-state index contributed by atoms with van der Waals surface area (Å²) in [7, 11) is 0. The lowest BCUT2D eigenvalue weighted by molar-refractivity contribution is -0.209. The Morgan fingerprint density at radius 3 is 2.63 bits per heavy atom. The average Bonchev–Trinajstić information content (AvgIpc) is 2.79. The SMILES string of the molecule is CC[C@@](C)(OC(C)=O)[C@@H]1C[C@H](OC(C)=O)[C@@]2(C)Oc3cc(-c4cccnc4)oc(=O)c3[C@@H](O)[C@@H]2C1. The predicted octanol–water partition coefficient (Wildman–Crippen LogP) is 3.58. The first-order valence-electron chi connectivity index (χ1n) is 11.8. The highest BCUT2D eigenvalue weighted by Gasteiger charge is 2.60. The van der Waals surface area contributed by atoms with E-state index in [9.17, 15) is 19.5 Å². The van der Waals surface area contributed by atoms with Crippen LogP contribution in [-0.4, -0.2) is 39.3 Å². The highest BCUT2D eigenvalue weighted by Crippen LogP contribution is 2.54. The van der Waals surface area contributed by atoms with Gasteiger partial charge in [0.15, 0.2) is 0 Å². The largest absolute Gasteiger partial charge is 0.482 e. The second-order valence-electron chi connectivity index (χ2n) is 9.78. The molecule has 0 amide bonds. The van der Waals surface area contributed by atoms with Gasteiger partial charge in [0.2, 0.25) is 0 Å². The van der Waals surface area contributed by atoms with E-state index >= 15 is 0 Å². The first-order valence-corrected chi connectivity index (χ1v) is 11.8. The molecule has 1 fully saturated rings.